The number of nitrogens with zero attached hydrogens (tertiary/aromatic N) is 2. The first-order valence-corrected chi connectivity index (χ1v) is 9.04. The zero-order valence-electron chi connectivity index (χ0n) is 15.0. The summed E-state index contributed by atoms with van der Waals surface area (Å²) in [5, 5.41) is 6.36. The number of halogens is 1. The maximum atomic E-state index is 13.7. The van der Waals surface area contributed by atoms with Crippen molar-refractivity contribution in [1.82, 2.24) is 15.6 Å². The van der Waals surface area contributed by atoms with Gasteiger partial charge in [0.25, 0.3) is 0 Å². The second-order valence-corrected chi connectivity index (χ2v) is 6.36. The maximum Gasteiger partial charge on any atom is 0.218 e. The fourth-order valence-corrected chi connectivity index (χ4v) is 3.05. The van der Waals surface area contributed by atoms with E-state index in [0.29, 0.717) is 30.5 Å². The Morgan fingerprint density at radius 2 is 1.81 bits per heavy atom. The van der Waals surface area contributed by atoms with Crippen LogP contribution < -0.4 is 15.4 Å². The highest BCUT2D eigenvalue weighted by Crippen LogP contribution is 2.24. The minimum absolute atomic E-state index is 0.227. The van der Waals surface area contributed by atoms with Gasteiger partial charge in [-0.05, 0) is 37.8 Å². The summed E-state index contributed by atoms with van der Waals surface area (Å²) in [6.07, 6.45) is 6.64. The van der Waals surface area contributed by atoms with E-state index in [2.05, 4.69) is 20.6 Å². The van der Waals surface area contributed by atoms with Crippen LogP contribution in [-0.2, 0) is 13.1 Å². The van der Waals surface area contributed by atoms with E-state index in [1.165, 1.54) is 18.9 Å². The number of rotatable bonds is 6. The molecule has 1 fully saturated rings. The molecule has 2 N–H and O–H groups in total. The molecule has 1 aromatic carbocycles. The van der Waals surface area contributed by atoms with Crippen LogP contribution in [0, 0.1) is 5.82 Å². The Bertz CT molecular complexity index is 744. The van der Waals surface area contributed by atoms with Gasteiger partial charge in [-0.15, -0.1) is 0 Å². The summed E-state index contributed by atoms with van der Waals surface area (Å²) in [5.74, 6) is 1.05. The molecule has 26 heavy (non-hydrogen) atoms. The highest BCUT2D eigenvalue weighted by atomic mass is 19.1. The fraction of sp³-hybridized carbons (Fsp3) is 0.400. The van der Waals surface area contributed by atoms with Crippen LogP contribution >= 0.6 is 0 Å². The van der Waals surface area contributed by atoms with Crippen LogP contribution in [-0.4, -0.2) is 24.1 Å². The predicted octanol–water partition coefficient (Wildman–Crippen LogP) is 3.41. The third kappa shape index (κ3) is 4.94. The Labute approximate surface area is 153 Å². The molecule has 6 heteroatoms. The first-order valence-electron chi connectivity index (χ1n) is 9.04. The van der Waals surface area contributed by atoms with E-state index < -0.39 is 0 Å². The van der Waals surface area contributed by atoms with E-state index in [0.717, 1.165) is 18.4 Å². The first kappa shape index (κ1) is 18.2. The minimum Gasteiger partial charge on any atom is -0.474 e. The van der Waals surface area contributed by atoms with E-state index in [1.807, 2.05) is 18.2 Å². The lowest BCUT2D eigenvalue weighted by Gasteiger charge is -2.17. The maximum absolute atomic E-state index is 13.7. The standard InChI is InChI=1S/C20H25FN4O/c1-22-20(24-13-15-7-2-5-11-18(15)21)25-14-16-8-6-12-23-19(16)26-17-9-3-4-10-17/h2,5-8,11-12,17H,3-4,9-10,13-14H2,1H3,(H2,22,24,25). The van der Waals surface area contributed by atoms with Crippen molar-refractivity contribution in [2.24, 2.45) is 4.99 Å². The lowest BCUT2D eigenvalue weighted by atomic mass is 10.2. The summed E-state index contributed by atoms with van der Waals surface area (Å²) in [5.41, 5.74) is 1.58. The van der Waals surface area contributed by atoms with Crippen molar-refractivity contribution in [2.45, 2.75) is 44.9 Å². The molecule has 1 saturated carbocycles. The number of ether oxygens (including phenoxy) is 1. The van der Waals surface area contributed by atoms with Gasteiger partial charge in [-0.2, -0.15) is 0 Å². The molecule has 0 spiro atoms. The van der Waals surface area contributed by atoms with Crippen LogP contribution in [0.5, 0.6) is 5.88 Å². The van der Waals surface area contributed by atoms with Gasteiger partial charge in [0.1, 0.15) is 11.9 Å². The molecule has 3 rings (SSSR count). The van der Waals surface area contributed by atoms with Crippen molar-refractivity contribution in [3.05, 3.63) is 59.5 Å². The molecule has 0 bridgehead atoms. The smallest absolute Gasteiger partial charge is 0.218 e. The predicted molar refractivity (Wildman–Crippen MR) is 101 cm³/mol. The van der Waals surface area contributed by atoms with Crippen LogP contribution in [0.2, 0.25) is 0 Å². The molecule has 1 aliphatic rings. The number of guanidine groups is 1. The van der Waals surface area contributed by atoms with Crippen molar-refractivity contribution in [3.8, 4) is 5.88 Å². The van der Waals surface area contributed by atoms with E-state index in [1.54, 1.807) is 25.4 Å². The topological polar surface area (TPSA) is 58.5 Å². The van der Waals surface area contributed by atoms with Gasteiger partial charge in [-0.1, -0.05) is 24.3 Å². The van der Waals surface area contributed by atoms with Gasteiger partial charge in [-0.25, -0.2) is 9.37 Å². The minimum atomic E-state index is -0.227. The number of benzene rings is 1. The van der Waals surface area contributed by atoms with E-state index in [9.17, 15) is 4.39 Å². The molecule has 0 atom stereocenters. The lowest BCUT2D eigenvalue weighted by Crippen LogP contribution is -2.36. The van der Waals surface area contributed by atoms with Crippen LogP contribution in [0.3, 0.4) is 0 Å². The Balaban J connectivity index is 1.56. The summed E-state index contributed by atoms with van der Waals surface area (Å²) >= 11 is 0. The molecule has 1 heterocycles. The van der Waals surface area contributed by atoms with Gasteiger partial charge in [0, 0.05) is 37.5 Å². The number of aliphatic imine (C=N–C) groups is 1. The molecular weight excluding hydrogens is 331 g/mol. The SMILES string of the molecule is CN=C(NCc1ccccc1F)NCc1cccnc1OC1CCCC1. The molecule has 2 aromatic rings. The molecule has 1 aliphatic carbocycles. The summed E-state index contributed by atoms with van der Waals surface area (Å²) in [7, 11) is 1.69. The summed E-state index contributed by atoms with van der Waals surface area (Å²) in [4.78, 5) is 8.57. The molecule has 0 amide bonds. The quantitative estimate of drug-likeness (QED) is 0.615. The average Bonchev–Trinajstić information content (AvgIpc) is 3.17. The molecule has 0 saturated heterocycles. The van der Waals surface area contributed by atoms with Crippen molar-refractivity contribution >= 4 is 5.96 Å². The van der Waals surface area contributed by atoms with Gasteiger partial charge in [-0.3, -0.25) is 4.99 Å². The van der Waals surface area contributed by atoms with Crippen LogP contribution in [0.1, 0.15) is 36.8 Å². The number of nitrogens with one attached hydrogen (secondary N) is 2. The second-order valence-electron chi connectivity index (χ2n) is 6.36. The van der Waals surface area contributed by atoms with E-state index >= 15 is 0 Å². The summed E-state index contributed by atoms with van der Waals surface area (Å²) in [6.45, 7) is 0.900. The number of hydrogen-bond donors (Lipinski definition) is 2. The van der Waals surface area contributed by atoms with Gasteiger partial charge >= 0.3 is 0 Å². The Morgan fingerprint density at radius 3 is 2.54 bits per heavy atom. The number of aromatic nitrogens is 1. The van der Waals surface area contributed by atoms with E-state index in [-0.39, 0.29) is 11.9 Å². The molecule has 1 aromatic heterocycles. The average molecular weight is 356 g/mol. The zero-order valence-corrected chi connectivity index (χ0v) is 15.0. The number of pyridine rings is 1. The Morgan fingerprint density at radius 1 is 1.12 bits per heavy atom. The highest BCUT2D eigenvalue weighted by molar-refractivity contribution is 5.79. The summed E-state index contributed by atoms with van der Waals surface area (Å²) in [6, 6.07) is 10.6. The summed E-state index contributed by atoms with van der Waals surface area (Å²) < 4.78 is 19.8. The highest BCUT2D eigenvalue weighted by Gasteiger charge is 2.18. The molecule has 0 aliphatic heterocycles. The monoisotopic (exact) mass is 356 g/mol. The lowest BCUT2D eigenvalue weighted by molar-refractivity contribution is 0.199. The van der Waals surface area contributed by atoms with Crippen molar-refractivity contribution in [3.63, 3.8) is 0 Å². The van der Waals surface area contributed by atoms with Gasteiger partial charge in [0.05, 0.1) is 0 Å². The molecular formula is C20H25FN4O. The molecule has 5 nitrogen and oxygen atoms in total. The second kappa shape index (κ2) is 9.17. The third-order valence-electron chi connectivity index (χ3n) is 4.50. The first-order chi connectivity index (χ1) is 12.8. The Hall–Kier alpha value is -2.63. The fourth-order valence-electron chi connectivity index (χ4n) is 3.05. The largest absolute Gasteiger partial charge is 0.474 e. The Kier molecular flexibility index (Phi) is 6.41. The van der Waals surface area contributed by atoms with Gasteiger partial charge in [0.2, 0.25) is 5.88 Å². The van der Waals surface area contributed by atoms with Crippen molar-refractivity contribution in [1.29, 1.82) is 0 Å². The van der Waals surface area contributed by atoms with E-state index in [4.69, 9.17) is 4.74 Å². The number of hydrogen-bond acceptors (Lipinski definition) is 3. The van der Waals surface area contributed by atoms with Gasteiger partial charge < -0.3 is 15.4 Å². The van der Waals surface area contributed by atoms with Crippen LogP contribution in [0.25, 0.3) is 0 Å². The van der Waals surface area contributed by atoms with Crippen LogP contribution in [0.15, 0.2) is 47.6 Å². The normalized spacial score (nSPS) is 15.1. The van der Waals surface area contributed by atoms with Crippen molar-refractivity contribution < 1.29 is 9.13 Å². The van der Waals surface area contributed by atoms with Crippen molar-refractivity contribution in [2.75, 3.05) is 7.05 Å². The molecule has 0 unspecified atom stereocenters. The zero-order chi connectivity index (χ0) is 18.2. The third-order valence-corrected chi connectivity index (χ3v) is 4.50. The molecule has 138 valence electrons. The van der Waals surface area contributed by atoms with Gasteiger partial charge in [0.15, 0.2) is 5.96 Å². The molecule has 0 radical (unpaired) electrons. The van der Waals surface area contributed by atoms with Crippen LogP contribution in [0.4, 0.5) is 4.39 Å².